The molecular weight excluding hydrogens is 370 g/mol. The summed E-state index contributed by atoms with van der Waals surface area (Å²) in [5.41, 5.74) is 10.6. The first-order valence-corrected chi connectivity index (χ1v) is 9.71. The number of carbonyl (C=O) groups excluding carboxylic acids is 2. The normalized spacial score (nSPS) is 10.9. The lowest BCUT2D eigenvalue weighted by molar-refractivity contribution is 0.102. The van der Waals surface area contributed by atoms with Crippen molar-refractivity contribution in [2.24, 2.45) is 0 Å². The van der Waals surface area contributed by atoms with Crippen LogP contribution < -0.4 is 11.1 Å². The summed E-state index contributed by atoms with van der Waals surface area (Å²) < 4.78 is 1.69. The number of aryl methyl sites for hydroxylation is 1. The van der Waals surface area contributed by atoms with Gasteiger partial charge in [0.2, 0.25) is 5.78 Å². The van der Waals surface area contributed by atoms with E-state index in [1.807, 2.05) is 55.6 Å². The number of pyridine rings is 1. The van der Waals surface area contributed by atoms with Gasteiger partial charge in [-0.25, -0.2) is 0 Å². The molecule has 3 heterocycles. The second kappa shape index (κ2) is 6.98. The Balaban J connectivity index is 1.84. The van der Waals surface area contributed by atoms with Crippen LogP contribution in [0.4, 0.5) is 11.4 Å². The molecule has 3 aromatic heterocycles. The molecule has 6 heteroatoms. The number of nitrogens with two attached hydrogens (primary N) is 1. The number of nitrogens with one attached hydrogen (secondary N) is 1. The lowest BCUT2D eigenvalue weighted by Crippen LogP contribution is -2.15. The molecule has 3 N–H and O–H groups in total. The molecule has 1 aromatic carbocycles. The molecule has 1 amide bonds. The number of ketones is 1. The van der Waals surface area contributed by atoms with Crippen molar-refractivity contribution in [3.63, 3.8) is 0 Å². The maximum atomic E-state index is 13.1. The summed E-state index contributed by atoms with van der Waals surface area (Å²) in [6, 6.07) is 14.7. The van der Waals surface area contributed by atoms with Crippen LogP contribution in [-0.2, 0) is 0 Å². The average Bonchev–Trinajstić information content (AvgIpc) is 3.31. The third-order valence-electron chi connectivity index (χ3n) is 4.92. The van der Waals surface area contributed by atoms with E-state index >= 15 is 0 Å². The number of rotatable bonds is 4. The third kappa shape index (κ3) is 2.88. The second-order valence-corrected chi connectivity index (χ2v) is 7.55. The van der Waals surface area contributed by atoms with Crippen LogP contribution in [0.25, 0.3) is 5.52 Å². The molecule has 140 valence electrons. The molecule has 0 aliphatic rings. The van der Waals surface area contributed by atoms with E-state index in [-0.39, 0.29) is 17.4 Å². The molecule has 0 aliphatic carbocycles. The Bertz CT molecular complexity index is 1210. The quantitative estimate of drug-likeness (QED) is 0.498. The zero-order chi connectivity index (χ0) is 19.8. The van der Waals surface area contributed by atoms with Gasteiger partial charge in [0.15, 0.2) is 0 Å². The third-order valence-corrected chi connectivity index (χ3v) is 5.79. The highest BCUT2D eigenvalue weighted by Crippen LogP contribution is 2.30. The fraction of sp³-hybridized carbons (Fsp3) is 0.0909. The van der Waals surface area contributed by atoms with E-state index in [2.05, 4.69) is 5.32 Å². The molecule has 0 aliphatic heterocycles. The molecule has 0 saturated heterocycles. The Kier molecular flexibility index (Phi) is 4.49. The molecule has 0 saturated carbocycles. The highest BCUT2D eigenvalue weighted by molar-refractivity contribution is 7.12. The van der Waals surface area contributed by atoms with Gasteiger partial charge in [-0.3, -0.25) is 9.59 Å². The molecule has 28 heavy (non-hydrogen) atoms. The molecule has 0 radical (unpaired) electrons. The van der Waals surface area contributed by atoms with E-state index in [4.69, 9.17) is 5.73 Å². The minimum absolute atomic E-state index is 0.187. The van der Waals surface area contributed by atoms with Gasteiger partial charge in [0.1, 0.15) is 5.69 Å². The number of nitrogens with zero attached hydrogens (tertiary/aromatic N) is 1. The predicted octanol–water partition coefficient (Wildman–Crippen LogP) is 4.68. The molecule has 0 spiro atoms. The number of carbonyl (C=O) groups is 2. The number of hydrogen-bond donors (Lipinski definition) is 2. The second-order valence-electron chi connectivity index (χ2n) is 6.60. The zero-order valence-electron chi connectivity index (χ0n) is 15.5. The first kappa shape index (κ1) is 18.0. The molecule has 5 nitrogen and oxygen atoms in total. The van der Waals surface area contributed by atoms with E-state index in [1.165, 1.54) is 11.3 Å². The number of nitrogen functional groups attached to an aromatic ring is 1. The van der Waals surface area contributed by atoms with Crippen molar-refractivity contribution in [2.45, 2.75) is 13.8 Å². The average molecular weight is 389 g/mol. The molecule has 0 fully saturated rings. The first-order chi connectivity index (χ1) is 13.5. The summed E-state index contributed by atoms with van der Waals surface area (Å²) in [5.74, 6) is -0.528. The van der Waals surface area contributed by atoms with Gasteiger partial charge in [-0.1, -0.05) is 24.3 Å². The Morgan fingerprint density at radius 3 is 2.61 bits per heavy atom. The highest BCUT2D eigenvalue weighted by Gasteiger charge is 2.26. The Hall–Kier alpha value is -3.38. The van der Waals surface area contributed by atoms with Crippen molar-refractivity contribution in [1.29, 1.82) is 0 Å². The number of fused-ring (bicyclic) bond motifs is 1. The highest BCUT2D eigenvalue weighted by atomic mass is 32.1. The van der Waals surface area contributed by atoms with Gasteiger partial charge in [0.05, 0.1) is 21.6 Å². The van der Waals surface area contributed by atoms with Gasteiger partial charge in [0.25, 0.3) is 5.91 Å². The van der Waals surface area contributed by atoms with E-state index in [0.29, 0.717) is 21.7 Å². The fourth-order valence-electron chi connectivity index (χ4n) is 3.29. The van der Waals surface area contributed by atoms with Gasteiger partial charge >= 0.3 is 0 Å². The Morgan fingerprint density at radius 2 is 1.86 bits per heavy atom. The minimum Gasteiger partial charge on any atom is -0.396 e. The SMILES string of the molecule is Cc1cccc(NC(=O)c2c(N)c(C(=O)c3cccs3)n3ccccc23)c1C. The molecule has 0 unspecified atom stereocenters. The van der Waals surface area contributed by atoms with E-state index < -0.39 is 0 Å². The van der Waals surface area contributed by atoms with Crippen molar-refractivity contribution in [1.82, 2.24) is 4.40 Å². The summed E-state index contributed by atoms with van der Waals surface area (Å²) in [4.78, 5) is 26.7. The largest absolute Gasteiger partial charge is 0.396 e. The Labute approximate surface area is 166 Å². The number of hydrogen-bond acceptors (Lipinski definition) is 4. The van der Waals surface area contributed by atoms with E-state index in [1.54, 1.807) is 22.7 Å². The van der Waals surface area contributed by atoms with Crippen LogP contribution in [0.3, 0.4) is 0 Å². The molecular formula is C22H19N3O2S. The minimum atomic E-state index is -0.333. The summed E-state index contributed by atoms with van der Waals surface area (Å²) in [7, 11) is 0. The van der Waals surface area contributed by atoms with Crippen LogP contribution in [0.5, 0.6) is 0 Å². The Morgan fingerprint density at radius 1 is 1.04 bits per heavy atom. The molecule has 0 bridgehead atoms. The molecule has 4 aromatic rings. The summed E-state index contributed by atoms with van der Waals surface area (Å²) >= 11 is 1.35. The maximum Gasteiger partial charge on any atom is 0.259 e. The molecule has 4 rings (SSSR count). The predicted molar refractivity (Wildman–Crippen MR) is 113 cm³/mol. The zero-order valence-corrected chi connectivity index (χ0v) is 16.3. The van der Waals surface area contributed by atoms with E-state index in [0.717, 1.165) is 16.8 Å². The van der Waals surface area contributed by atoms with Gasteiger partial charge in [-0.05, 0) is 54.6 Å². The molecule has 0 atom stereocenters. The monoisotopic (exact) mass is 389 g/mol. The fourth-order valence-corrected chi connectivity index (χ4v) is 3.96. The van der Waals surface area contributed by atoms with Crippen molar-refractivity contribution >= 4 is 39.9 Å². The summed E-state index contributed by atoms with van der Waals surface area (Å²) in [6.45, 7) is 3.95. The number of amides is 1. The van der Waals surface area contributed by atoms with Crippen LogP contribution >= 0.6 is 11.3 Å². The van der Waals surface area contributed by atoms with Crippen LogP contribution in [0.2, 0.25) is 0 Å². The number of benzene rings is 1. The van der Waals surface area contributed by atoms with Gasteiger partial charge in [0, 0.05) is 11.9 Å². The van der Waals surface area contributed by atoms with Crippen molar-refractivity contribution < 1.29 is 9.59 Å². The van der Waals surface area contributed by atoms with Crippen LogP contribution in [0.1, 0.15) is 36.9 Å². The van der Waals surface area contributed by atoms with Crippen molar-refractivity contribution in [3.8, 4) is 0 Å². The summed E-state index contributed by atoms with van der Waals surface area (Å²) in [6.07, 6.45) is 1.75. The van der Waals surface area contributed by atoms with Crippen molar-refractivity contribution in [3.05, 3.63) is 87.4 Å². The standard InChI is InChI=1S/C22H19N3O2S/c1-13-7-5-8-15(14(13)2)24-22(27)18-16-9-3-4-11-25(16)20(19(18)23)21(26)17-10-6-12-28-17/h3-12H,23H2,1-2H3,(H,24,27). The van der Waals surface area contributed by atoms with Crippen LogP contribution in [-0.4, -0.2) is 16.1 Å². The lowest BCUT2D eigenvalue weighted by atomic mass is 10.1. The smallest absolute Gasteiger partial charge is 0.259 e. The van der Waals surface area contributed by atoms with Gasteiger partial charge < -0.3 is 15.5 Å². The van der Waals surface area contributed by atoms with E-state index in [9.17, 15) is 9.59 Å². The van der Waals surface area contributed by atoms with Crippen molar-refractivity contribution in [2.75, 3.05) is 11.1 Å². The lowest BCUT2D eigenvalue weighted by Gasteiger charge is -2.10. The van der Waals surface area contributed by atoms with Gasteiger partial charge in [-0.2, -0.15) is 0 Å². The maximum absolute atomic E-state index is 13.1. The van der Waals surface area contributed by atoms with Crippen LogP contribution in [0.15, 0.2) is 60.1 Å². The number of aromatic nitrogens is 1. The number of thiophene rings is 1. The van der Waals surface area contributed by atoms with Crippen LogP contribution in [0, 0.1) is 13.8 Å². The van der Waals surface area contributed by atoms with Gasteiger partial charge in [-0.15, -0.1) is 11.3 Å². The topological polar surface area (TPSA) is 76.6 Å². The first-order valence-electron chi connectivity index (χ1n) is 8.83. The number of anilines is 2. The summed E-state index contributed by atoms with van der Waals surface area (Å²) in [5, 5.41) is 4.79.